The van der Waals surface area contributed by atoms with Crippen molar-refractivity contribution in [2.45, 2.75) is 39.2 Å². The molecule has 0 bridgehead atoms. The molecule has 4 heteroatoms. The number of halogens is 1. The van der Waals surface area contributed by atoms with E-state index in [0.29, 0.717) is 15.8 Å². The molecule has 4 rings (SSSR count). The topological polar surface area (TPSA) is 20.3 Å². The van der Waals surface area contributed by atoms with Gasteiger partial charge in [0.2, 0.25) is 0 Å². The SMILES string of the molecule is Cc1cccc2c1N(C(=O)c1sc3ccccc3c1Cl)[C@@H](C)C[C@@H]2C. The largest absolute Gasteiger partial charge is 0.304 e. The summed E-state index contributed by atoms with van der Waals surface area (Å²) in [6, 6.07) is 14.4. The molecule has 2 atom stereocenters. The van der Waals surface area contributed by atoms with Gasteiger partial charge >= 0.3 is 0 Å². The summed E-state index contributed by atoms with van der Waals surface area (Å²) in [5, 5.41) is 1.53. The van der Waals surface area contributed by atoms with Crippen LogP contribution in [0, 0.1) is 6.92 Å². The van der Waals surface area contributed by atoms with Crippen molar-refractivity contribution in [2.24, 2.45) is 0 Å². The lowest BCUT2D eigenvalue weighted by molar-refractivity contribution is 0.0978. The maximum Gasteiger partial charge on any atom is 0.270 e. The molecule has 0 radical (unpaired) electrons. The molecule has 0 spiro atoms. The van der Waals surface area contributed by atoms with E-state index in [0.717, 1.165) is 27.8 Å². The molecule has 1 aliphatic rings. The van der Waals surface area contributed by atoms with Gasteiger partial charge in [0.15, 0.2) is 0 Å². The van der Waals surface area contributed by atoms with Crippen LogP contribution in [0.15, 0.2) is 42.5 Å². The predicted molar refractivity (Wildman–Crippen MR) is 107 cm³/mol. The third-order valence-electron chi connectivity index (χ3n) is 5.12. The van der Waals surface area contributed by atoms with E-state index in [9.17, 15) is 4.79 Å². The molecule has 0 aliphatic carbocycles. The molecule has 1 aliphatic heterocycles. The summed E-state index contributed by atoms with van der Waals surface area (Å²) in [6.45, 7) is 6.45. The lowest BCUT2D eigenvalue weighted by Crippen LogP contribution is -2.43. The van der Waals surface area contributed by atoms with Gasteiger partial charge < -0.3 is 4.90 Å². The lowest BCUT2D eigenvalue weighted by Gasteiger charge is -2.39. The first-order valence-corrected chi connectivity index (χ1v) is 9.78. The number of thiophene rings is 1. The van der Waals surface area contributed by atoms with Crippen LogP contribution in [0.2, 0.25) is 5.02 Å². The Kier molecular flexibility index (Phi) is 4.09. The number of aryl methyl sites for hydroxylation is 1. The number of anilines is 1. The number of amides is 1. The number of hydrogen-bond donors (Lipinski definition) is 0. The Morgan fingerprint density at radius 2 is 1.92 bits per heavy atom. The Balaban J connectivity index is 1.87. The molecule has 0 unspecified atom stereocenters. The van der Waals surface area contributed by atoms with Gasteiger partial charge in [0.25, 0.3) is 5.91 Å². The van der Waals surface area contributed by atoms with E-state index in [1.807, 2.05) is 29.2 Å². The summed E-state index contributed by atoms with van der Waals surface area (Å²) in [5.74, 6) is 0.466. The van der Waals surface area contributed by atoms with Crippen molar-refractivity contribution in [3.63, 3.8) is 0 Å². The molecule has 2 heterocycles. The summed E-state index contributed by atoms with van der Waals surface area (Å²) in [6.07, 6.45) is 0.963. The minimum atomic E-state index is 0.0150. The smallest absolute Gasteiger partial charge is 0.270 e. The lowest BCUT2D eigenvalue weighted by atomic mass is 9.85. The van der Waals surface area contributed by atoms with Gasteiger partial charge in [-0.3, -0.25) is 4.79 Å². The molecule has 0 fully saturated rings. The van der Waals surface area contributed by atoms with Crippen LogP contribution in [0.1, 0.15) is 47.0 Å². The molecule has 2 nitrogen and oxygen atoms in total. The summed E-state index contributed by atoms with van der Waals surface area (Å²) < 4.78 is 1.05. The molecular formula is C21H20ClNOS. The molecular weight excluding hydrogens is 350 g/mol. The Bertz CT molecular complexity index is 977. The van der Waals surface area contributed by atoms with Crippen molar-refractivity contribution in [1.82, 2.24) is 0 Å². The van der Waals surface area contributed by atoms with E-state index in [4.69, 9.17) is 11.6 Å². The molecule has 1 aromatic heterocycles. The Morgan fingerprint density at radius 3 is 2.68 bits per heavy atom. The minimum absolute atomic E-state index is 0.0150. The molecule has 3 aromatic rings. The zero-order valence-corrected chi connectivity index (χ0v) is 16.1. The van der Waals surface area contributed by atoms with Crippen LogP contribution in [0.3, 0.4) is 0 Å². The molecule has 0 N–H and O–H groups in total. The number of para-hydroxylation sites is 1. The van der Waals surface area contributed by atoms with E-state index >= 15 is 0 Å². The minimum Gasteiger partial charge on any atom is -0.304 e. The highest BCUT2D eigenvalue weighted by molar-refractivity contribution is 7.21. The highest BCUT2D eigenvalue weighted by atomic mass is 35.5. The fraction of sp³-hybridized carbons (Fsp3) is 0.286. The third-order valence-corrected chi connectivity index (χ3v) is 6.79. The Morgan fingerprint density at radius 1 is 1.16 bits per heavy atom. The van der Waals surface area contributed by atoms with Crippen molar-refractivity contribution >= 4 is 44.6 Å². The van der Waals surface area contributed by atoms with Crippen molar-refractivity contribution in [1.29, 1.82) is 0 Å². The molecule has 0 saturated carbocycles. The number of carbonyl (C=O) groups is 1. The summed E-state index contributed by atoms with van der Waals surface area (Å²) in [7, 11) is 0. The number of fused-ring (bicyclic) bond motifs is 2. The first-order valence-electron chi connectivity index (χ1n) is 8.59. The molecule has 2 aromatic carbocycles. The van der Waals surface area contributed by atoms with Crippen molar-refractivity contribution in [2.75, 3.05) is 4.90 Å². The average molecular weight is 370 g/mol. The molecule has 0 saturated heterocycles. The second-order valence-corrected chi connectivity index (χ2v) is 8.35. The number of rotatable bonds is 1. The molecule has 128 valence electrons. The van der Waals surface area contributed by atoms with E-state index < -0.39 is 0 Å². The molecule has 1 amide bonds. The monoisotopic (exact) mass is 369 g/mol. The first-order chi connectivity index (χ1) is 12.0. The predicted octanol–water partition coefficient (Wildman–Crippen LogP) is 6.41. The quantitative estimate of drug-likeness (QED) is 0.485. The second-order valence-electron chi connectivity index (χ2n) is 6.91. The van der Waals surface area contributed by atoms with Crippen molar-refractivity contribution in [3.05, 3.63) is 63.5 Å². The van der Waals surface area contributed by atoms with E-state index in [-0.39, 0.29) is 11.9 Å². The summed E-state index contributed by atoms with van der Waals surface area (Å²) in [5.41, 5.74) is 3.46. The van der Waals surface area contributed by atoms with Gasteiger partial charge in [0, 0.05) is 16.1 Å². The fourth-order valence-corrected chi connectivity index (χ4v) is 5.38. The fourth-order valence-electron chi connectivity index (χ4n) is 3.94. The summed E-state index contributed by atoms with van der Waals surface area (Å²) in [4.78, 5) is 16.1. The number of nitrogens with zero attached hydrogens (tertiary/aromatic N) is 1. The standard InChI is InChI=1S/C21H20ClNOS/c1-12-7-6-9-15-13(2)11-14(3)23(19(12)15)21(24)20-18(22)16-8-4-5-10-17(16)25-20/h4-10,13-14H,11H2,1-3H3/t13-,14-/m0/s1. The zero-order chi connectivity index (χ0) is 17.7. The van der Waals surface area contributed by atoms with Crippen LogP contribution in [0.5, 0.6) is 0 Å². The van der Waals surface area contributed by atoms with Gasteiger partial charge in [-0.2, -0.15) is 0 Å². The Labute approximate surface area is 157 Å². The number of benzene rings is 2. The number of hydrogen-bond acceptors (Lipinski definition) is 2. The van der Waals surface area contributed by atoms with Gasteiger partial charge in [0.05, 0.1) is 10.7 Å². The van der Waals surface area contributed by atoms with Crippen molar-refractivity contribution in [3.8, 4) is 0 Å². The average Bonchev–Trinajstić information content (AvgIpc) is 2.93. The Hall–Kier alpha value is -1.84. The van der Waals surface area contributed by atoms with Gasteiger partial charge in [0.1, 0.15) is 4.88 Å². The molecule has 25 heavy (non-hydrogen) atoms. The van der Waals surface area contributed by atoms with E-state index in [1.54, 1.807) is 0 Å². The van der Waals surface area contributed by atoms with Gasteiger partial charge in [-0.15, -0.1) is 11.3 Å². The summed E-state index contributed by atoms with van der Waals surface area (Å²) >= 11 is 8.06. The van der Waals surface area contributed by atoms with Crippen LogP contribution >= 0.6 is 22.9 Å². The maximum absolute atomic E-state index is 13.5. The third kappa shape index (κ3) is 2.57. The van der Waals surface area contributed by atoms with Crippen LogP contribution in [-0.2, 0) is 0 Å². The van der Waals surface area contributed by atoms with Crippen LogP contribution in [0.25, 0.3) is 10.1 Å². The van der Waals surface area contributed by atoms with Crippen LogP contribution < -0.4 is 4.90 Å². The van der Waals surface area contributed by atoms with Crippen LogP contribution in [-0.4, -0.2) is 11.9 Å². The maximum atomic E-state index is 13.5. The van der Waals surface area contributed by atoms with Gasteiger partial charge in [-0.05, 0) is 43.4 Å². The number of carbonyl (C=O) groups excluding carboxylic acids is 1. The highest BCUT2D eigenvalue weighted by Crippen LogP contribution is 2.43. The van der Waals surface area contributed by atoms with Gasteiger partial charge in [-0.25, -0.2) is 0 Å². The normalized spacial score (nSPS) is 19.9. The van der Waals surface area contributed by atoms with Gasteiger partial charge in [-0.1, -0.05) is 54.9 Å². The van der Waals surface area contributed by atoms with Crippen molar-refractivity contribution < 1.29 is 4.79 Å². The first kappa shape index (κ1) is 16.6. The van der Waals surface area contributed by atoms with Crippen LogP contribution in [0.4, 0.5) is 5.69 Å². The van der Waals surface area contributed by atoms with E-state index in [2.05, 4.69) is 39.0 Å². The van der Waals surface area contributed by atoms with E-state index in [1.165, 1.54) is 16.9 Å². The highest BCUT2D eigenvalue weighted by Gasteiger charge is 2.35. The zero-order valence-electron chi connectivity index (χ0n) is 14.5. The second kappa shape index (κ2) is 6.15.